The molecule has 1 rings (SSSR count). The Balaban J connectivity index is -0.0000000122. The molecule has 300 valence electrons. The van der Waals surface area contributed by atoms with Crippen LogP contribution in [-0.4, -0.2) is 113 Å². The summed E-state index contributed by atoms with van der Waals surface area (Å²) in [5.41, 5.74) is 0. The number of benzene rings is 1. The third-order valence-corrected chi connectivity index (χ3v) is 1.49. The zero-order chi connectivity index (χ0) is 26.3. The predicted octanol–water partition coefficient (Wildman–Crippen LogP) is -3.80. The molecule has 1 aromatic rings. The van der Waals surface area contributed by atoms with Crippen LogP contribution in [0.25, 0.3) is 0 Å². The van der Waals surface area contributed by atoms with Crippen LogP contribution in [0.15, 0.2) is 30.3 Å². The van der Waals surface area contributed by atoms with Crippen molar-refractivity contribution in [1.82, 2.24) is 86.1 Å². The number of hydrogen-bond acceptors (Lipinski definition) is 29. The summed E-state index contributed by atoms with van der Waals surface area (Å²) in [7, 11) is -25.3. The zero-order valence-corrected chi connectivity index (χ0v) is 29.3. The van der Waals surface area contributed by atoms with E-state index in [0.717, 1.165) is 0 Å². The molecule has 0 unspecified atom stereocenters. The van der Waals surface area contributed by atoms with Crippen LogP contribution in [0.2, 0.25) is 0 Å². The Morgan fingerprint density at radius 2 is 0.467 bits per heavy atom. The first-order valence-corrected chi connectivity index (χ1v) is 15.0. The molecule has 56 N–H and O–H groups in total. The molecule has 0 amide bonds. The van der Waals surface area contributed by atoms with Gasteiger partial charge in [-0.05, 0) is 12.1 Å². The first-order chi connectivity index (χ1) is 13.1. The molecule has 0 radical (unpaired) electrons. The molecule has 0 atom stereocenters. The van der Waals surface area contributed by atoms with Crippen LogP contribution in [0.5, 0.6) is 5.75 Å². The van der Waals surface area contributed by atoms with E-state index in [-0.39, 0.29) is 91.9 Å². The maximum Gasteiger partial charge on any atom is 0.785 e. The van der Waals surface area contributed by atoms with E-state index in [4.69, 9.17) is 67.1 Å². The lowest BCUT2D eigenvalue weighted by Gasteiger charge is -2.08. The first kappa shape index (κ1) is 121. The van der Waals surface area contributed by atoms with Gasteiger partial charge in [-0.2, -0.15) is 0 Å². The van der Waals surface area contributed by atoms with Gasteiger partial charge in [0.15, 0.2) is 0 Å². The minimum Gasteiger partial charge on any atom is -0.478 e. The van der Waals surface area contributed by atoms with Crippen molar-refractivity contribution in [2.45, 2.75) is 0 Å². The van der Waals surface area contributed by atoms with E-state index in [1.807, 2.05) is 0 Å². The van der Waals surface area contributed by atoms with Gasteiger partial charge in [0.05, 0.1) is 0 Å². The lowest BCUT2D eigenvalue weighted by molar-refractivity contribution is 0.162. The van der Waals surface area contributed by atoms with Gasteiger partial charge in [-0.3, -0.25) is 0 Å². The van der Waals surface area contributed by atoms with Crippen LogP contribution in [0.1, 0.15) is 0 Å². The van der Waals surface area contributed by atoms with Gasteiger partial charge >= 0.3 is 45.7 Å². The molecule has 45 heavy (non-hydrogen) atoms. The fourth-order valence-electron chi connectivity index (χ4n) is 0.638. The monoisotopic (exact) mass is 804 g/mol. The Labute approximate surface area is 260 Å². The van der Waals surface area contributed by atoms with Crippen molar-refractivity contribution < 1.29 is 92.1 Å². The molecule has 0 aliphatic rings. The molecule has 0 aromatic heterocycles. The summed E-state index contributed by atoms with van der Waals surface area (Å²) in [5, 5.41) is 0. The molecule has 0 heterocycles. The standard InChI is InChI=1S/C6H7FO3Si.4FH3O3Si.14H3N/c7-11(8,9)10-6-4-2-1-3-5-6;4*1-5(2,3)4;;;;;;;;;;;;;;/h1-5,8-9H;4*2-4H;14*1H3. The zero-order valence-electron chi connectivity index (χ0n) is 24.3. The number of rotatable bonds is 2. The number of para-hydroxylation sites is 1. The lowest BCUT2D eigenvalue weighted by Crippen LogP contribution is -2.36. The Morgan fingerprint density at radius 3 is 0.578 bits per heavy atom. The summed E-state index contributed by atoms with van der Waals surface area (Å²) < 4.78 is 58.3. The molecule has 1 aromatic carbocycles. The second-order valence-corrected chi connectivity index (χ2v) is 9.85. The summed E-state index contributed by atoms with van der Waals surface area (Å²) >= 11 is 0. The van der Waals surface area contributed by atoms with Crippen molar-refractivity contribution in [1.29, 1.82) is 0 Å². The maximum atomic E-state index is 12.1. The van der Waals surface area contributed by atoms with Crippen molar-refractivity contribution in [3.63, 3.8) is 0 Å². The van der Waals surface area contributed by atoms with E-state index in [9.17, 15) is 20.5 Å². The molecule has 0 aliphatic carbocycles. The summed E-state index contributed by atoms with van der Waals surface area (Å²) in [6, 6.07) is 7.80. The summed E-state index contributed by atoms with van der Waals surface area (Å²) in [4.78, 5) is 102. The van der Waals surface area contributed by atoms with Crippen LogP contribution >= 0.6 is 0 Å². The van der Waals surface area contributed by atoms with Gasteiger partial charge in [0.1, 0.15) is 5.75 Å². The minimum absolute atomic E-state index is 0. The number of halogens is 5. The highest BCUT2D eigenvalue weighted by Crippen LogP contribution is 2.12. The molecule has 0 saturated carbocycles. The van der Waals surface area contributed by atoms with Crippen LogP contribution in [0.4, 0.5) is 20.5 Å². The van der Waals surface area contributed by atoms with Crippen molar-refractivity contribution in [2.24, 2.45) is 0 Å². The fraction of sp³-hybridized carbons (Fsp3) is 0. The lowest BCUT2D eigenvalue weighted by atomic mass is 10.3. The molecule has 29 nitrogen and oxygen atoms in total. The van der Waals surface area contributed by atoms with E-state index in [1.165, 1.54) is 12.1 Å². The molecule has 0 aliphatic heterocycles. The summed E-state index contributed by atoms with van der Waals surface area (Å²) in [6.45, 7) is 0. The highest BCUT2D eigenvalue weighted by molar-refractivity contribution is 6.50. The average molecular weight is 805 g/mol. The van der Waals surface area contributed by atoms with Crippen molar-refractivity contribution in [3.05, 3.63) is 30.3 Å². The van der Waals surface area contributed by atoms with Gasteiger partial charge in [0, 0.05) is 0 Å². The topological polar surface area (TPSA) is 782 Å². The van der Waals surface area contributed by atoms with Crippen molar-refractivity contribution in [3.8, 4) is 5.75 Å². The minimum atomic E-state index is -5.11. The average Bonchev–Trinajstić information content (AvgIpc) is 2.28. The third kappa shape index (κ3) is 520. The molecule has 0 spiro atoms. The van der Waals surface area contributed by atoms with Gasteiger partial charge < -0.3 is 158 Å². The summed E-state index contributed by atoms with van der Waals surface area (Å²) in [5.74, 6) is 0.117. The van der Waals surface area contributed by atoms with Gasteiger partial charge in [-0.25, -0.2) is 20.5 Å². The van der Waals surface area contributed by atoms with Crippen LogP contribution < -0.4 is 90.5 Å². The highest BCUT2D eigenvalue weighted by Gasteiger charge is 2.37. The molecule has 0 saturated heterocycles. The van der Waals surface area contributed by atoms with Gasteiger partial charge in [0.2, 0.25) is 0 Å². The molecule has 39 heteroatoms. The summed E-state index contributed by atoms with van der Waals surface area (Å²) in [6.07, 6.45) is 0. The predicted molar refractivity (Wildman–Crippen MR) is 163 cm³/mol. The van der Waals surface area contributed by atoms with Gasteiger partial charge in [-0.15, -0.1) is 0 Å². The second kappa shape index (κ2) is 52.2. The largest absolute Gasteiger partial charge is 0.785 e. The van der Waals surface area contributed by atoms with Crippen molar-refractivity contribution >= 4 is 45.7 Å². The Morgan fingerprint density at radius 1 is 0.333 bits per heavy atom. The fourth-order valence-corrected chi connectivity index (χ4v) is 1.07. The SMILES string of the molecule is N.N.N.N.N.N.N.N.N.N.N.N.N.N.O[Si](O)(F)Oc1ccccc1.O[Si](O)(O)F.O[Si](O)(O)F.O[Si](O)(O)F.O[Si](O)(O)F. The van der Waals surface area contributed by atoms with E-state index in [1.54, 1.807) is 18.2 Å². The van der Waals surface area contributed by atoms with E-state index < -0.39 is 45.7 Å². The highest BCUT2D eigenvalue weighted by atomic mass is 28.4. The van der Waals surface area contributed by atoms with Gasteiger partial charge in [-0.1, -0.05) is 18.2 Å². The van der Waals surface area contributed by atoms with Crippen molar-refractivity contribution in [2.75, 3.05) is 0 Å². The maximum absolute atomic E-state index is 12.1. The Kier molecular flexibility index (Phi) is 140. The molecule has 0 bridgehead atoms. The first-order valence-electron chi connectivity index (χ1n) is 6.39. The van der Waals surface area contributed by atoms with E-state index in [0.29, 0.717) is 0 Å². The molecule has 0 fully saturated rings. The van der Waals surface area contributed by atoms with Crippen LogP contribution in [0.3, 0.4) is 0 Å². The smallest absolute Gasteiger partial charge is 0.478 e. The Hall–Kier alpha value is -1.37. The van der Waals surface area contributed by atoms with E-state index in [2.05, 4.69) is 4.43 Å². The molecular weight excluding hydrogens is 744 g/mol. The Bertz CT molecular complexity index is 509. The van der Waals surface area contributed by atoms with Crippen LogP contribution in [0, 0.1) is 0 Å². The normalized spacial score (nSPS) is 8.07. The third-order valence-electron chi connectivity index (χ3n) is 0.991. The van der Waals surface area contributed by atoms with Gasteiger partial charge in [0.25, 0.3) is 0 Å². The second-order valence-electron chi connectivity index (χ2n) is 4.16. The van der Waals surface area contributed by atoms with E-state index >= 15 is 0 Å². The van der Waals surface area contributed by atoms with Crippen LogP contribution in [-0.2, 0) is 0 Å². The quantitative estimate of drug-likeness (QED) is 0.0774. The molecular formula is C6H61F5N14O15Si5. The number of hydrogen-bond donors (Lipinski definition) is 28.